The summed E-state index contributed by atoms with van der Waals surface area (Å²) in [5.41, 5.74) is 3.77. The number of rotatable bonds is 6. The number of esters is 1. The molecule has 192 valence electrons. The molecule has 8 nitrogen and oxygen atoms in total. The number of carbonyl (C=O) groups excluding carboxylic acids is 3. The summed E-state index contributed by atoms with van der Waals surface area (Å²) in [6, 6.07) is 14.7. The Morgan fingerprint density at radius 2 is 1.84 bits per heavy atom. The number of thiophene rings is 1. The van der Waals surface area contributed by atoms with Gasteiger partial charge in [0.25, 0.3) is 0 Å². The van der Waals surface area contributed by atoms with Gasteiger partial charge in [-0.1, -0.05) is 18.2 Å². The number of carbonyl (C=O) groups is 3. The average Bonchev–Trinajstić information content (AvgIpc) is 3.25. The van der Waals surface area contributed by atoms with Crippen LogP contribution in [0.2, 0.25) is 0 Å². The van der Waals surface area contributed by atoms with Gasteiger partial charge in [-0.05, 0) is 79.5 Å². The molecule has 0 radical (unpaired) electrons. The van der Waals surface area contributed by atoms with Crippen LogP contribution >= 0.6 is 11.3 Å². The Labute approximate surface area is 219 Å². The van der Waals surface area contributed by atoms with Crippen molar-refractivity contribution in [3.63, 3.8) is 0 Å². The minimum absolute atomic E-state index is 0.250. The molecule has 0 aliphatic carbocycles. The molecular formula is C28H29N3O5S. The van der Waals surface area contributed by atoms with E-state index in [9.17, 15) is 14.4 Å². The molecule has 4 heterocycles. The van der Waals surface area contributed by atoms with E-state index in [1.807, 2.05) is 18.2 Å². The summed E-state index contributed by atoms with van der Waals surface area (Å²) >= 11 is 1.80. The van der Waals surface area contributed by atoms with Crippen LogP contribution in [0.4, 0.5) is 11.4 Å². The number of aryl methyl sites for hydroxylation is 1. The fourth-order valence-electron chi connectivity index (χ4n) is 5.50. The second-order valence-electron chi connectivity index (χ2n) is 9.82. The number of nitrogens with zero attached hydrogens (tertiary/aromatic N) is 3. The Bertz CT molecular complexity index is 1350. The molecule has 3 aromatic rings. The standard InChI is InChI=1S/C28H29N3O5S/c32-26-24-18-20-9-8-19(17-23(20)31(26)36-28(34)27(33)35-24)5-1-2-11-29-12-4-13-30(15-14-29)22-6-3-7-25-21(22)10-16-37-25/h3,6-10,16-17,24H,1-2,4-5,11-15,18H2. The summed E-state index contributed by atoms with van der Waals surface area (Å²) in [6.45, 7) is 5.35. The second kappa shape index (κ2) is 10.1. The number of anilines is 2. The lowest BCUT2D eigenvalue weighted by molar-refractivity contribution is -0.166. The van der Waals surface area contributed by atoms with Crippen LogP contribution in [0.1, 0.15) is 30.4 Å². The Hall–Kier alpha value is -3.43. The first-order valence-electron chi connectivity index (χ1n) is 12.9. The van der Waals surface area contributed by atoms with Crippen LogP contribution in [-0.2, 0) is 36.8 Å². The Kier molecular flexibility index (Phi) is 6.56. The molecular weight excluding hydrogens is 490 g/mol. The molecule has 6 rings (SSSR count). The van der Waals surface area contributed by atoms with Gasteiger partial charge < -0.3 is 19.4 Å². The third-order valence-corrected chi connectivity index (χ3v) is 8.31. The lowest BCUT2D eigenvalue weighted by Crippen LogP contribution is -2.43. The first kappa shape index (κ1) is 23.9. The highest BCUT2D eigenvalue weighted by Crippen LogP contribution is 2.33. The molecule has 0 spiro atoms. The fraction of sp³-hybridized carbons (Fsp3) is 0.393. The molecule has 2 fully saturated rings. The van der Waals surface area contributed by atoms with Crippen LogP contribution in [0.15, 0.2) is 47.8 Å². The molecule has 0 N–H and O–H groups in total. The number of benzene rings is 2. The summed E-state index contributed by atoms with van der Waals surface area (Å²) in [7, 11) is 0. The summed E-state index contributed by atoms with van der Waals surface area (Å²) < 4.78 is 6.32. The summed E-state index contributed by atoms with van der Waals surface area (Å²) in [6.07, 6.45) is 3.36. The third kappa shape index (κ3) is 4.81. The van der Waals surface area contributed by atoms with Crippen molar-refractivity contribution in [1.29, 1.82) is 0 Å². The topological polar surface area (TPSA) is 79.4 Å². The van der Waals surface area contributed by atoms with Crippen molar-refractivity contribution in [2.45, 2.75) is 38.2 Å². The van der Waals surface area contributed by atoms with Gasteiger partial charge in [0, 0.05) is 41.8 Å². The van der Waals surface area contributed by atoms with E-state index in [1.54, 1.807) is 11.3 Å². The van der Waals surface area contributed by atoms with E-state index < -0.39 is 23.9 Å². The van der Waals surface area contributed by atoms with Crippen LogP contribution in [0.25, 0.3) is 10.1 Å². The van der Waals surface area contributed by atoms with E-state index in [2.05, 4.69) is 39.4 Å². The van der Waals surface area contributed by atoms with Gasteiger partial charge in [-0.25, -0.2) is 9.59 Å². The predicted molar refractivity (Wildman–Crippen MR) is 142 cm³/mol. The molecule has 1 unspecified atom stereocenters. The normalized spacial score (nSPS) is 20.3. The van der Waals surface area contributed by atoms with E-state index in [0.717, 1.165) is 74.6 Å². The molecule has 2 bridgehead atoms. The van der Waals surface area contributed by atoms with Crippen molar-refractivity contribution in [3.05, 3.63) is 59.0 Å². The van der Waals surface area contributed by atoms with E-state index in [4.69, 9.17) is 9.57 Å². The summed E-state index contributed by atoms with van der Waals surface area (Å²) in [5.74, 6) is -2.82. The molecule has 37 heavy (non-hydrogen) atoms. The summed E-state index contributed by atoms with van der Waals surface area (Å²) in [4.78, 5) is 46.2. The smallest absolute Gasteiger partial charge is 0.442 e. The van der Waals surface area contributed by atoms with Gasteiger partial charge in [0.2, 0.25) is 0 Å². The predicted octanol–water partition coefficient (Wildman–Crippen LogP) is 3.71. The van der Waals surface area contributed by atoms with Gasteiger partial charge >= 0.3 is 17.8 Å². The van der Waals surface area contributed by atoms with Gasteiger partial charge in [0.1, 0.15) is 0 Å². The van der Waals surface area contributed by atoms with Crippen LogP contribution in [-0.4, -0.2) is 61.6 Å². The van der Waals surface area contributed by atoms with Gasteiger partial charge in [-0.3, -0.25) is 4.79 Å². The number of hydrogen-bond acceptors (Lipinski definition) is 8. The monoisotopic (exact) mass is 519 g/mol. The maximum absolute atomic E-state index is 12.6. The molecule has 9 heteroatoms. The Balaban J connectivity index is 1.02. The van der Waals surface area contributed by atoms with Crippen molar-refractivity contribution < 1.29 is 24.0 Å². The number of ether oxygens (including phenoxy) is 1. The lowest BCUT2D eigenvalue weighted by atomic mass is 9.97. The van der Waals surface area contributed by atoms with Crippen molar-refractivity contribution in [3.8, 4) is 0 Å². The van der Waals surface area contributed by atoms with Gasteiger partial charge in [0.15, 0.2) is 6.10 Å². The highest BCUT2D eigenvalue weighted by molar-refractivity contribution is 7.17. The minimum atomic E-state index is -1.17. The Morgan fingerprint density at radius 1 is 0.919 bits per heavy atom. The van der Waals surface area contributed by atoms with Crippen molar-refractivity contribution in [2.24, 2.45) is 0 Å². The zero-order valence-electron chi connectivity index (χ0n) is 20.6. The maximum Gasteiger partial charge on any atom is 0.442 e. The molecule has 3 aliphatic heterocycles. The zero-order valence-corrected chi connectivity index (χ0v) is 21.4. The van der Waals surface area contributed by atoms with Crippen LogP contribution in [0.3, 0.4) is 0 Å². The second-order valence-corrected chi connectivity index (χ2v) is 10.8. The molecule has 2 aromatic carbocycles. The quantitative estimate of drug-likeness (QED) is 0.279. The van der Waals surface area contributed by atoms with Gasteiger partial charge in [-0.2, -0.15) is 0 Å². The van der Waals surface area contributed by atoms with E-state index in [0.29, 0.717) is 5.69 Å². The molecule has 1 atom stereocenters. The first-order valence-corrected chi connectivity index (χ1v) is 13.8. The molecule has 0 saturated carbocycles. The number of hydroxylamine groups is 1. The fourth-order valence-corrected chi connectivity index (χ4v) is 6.31. The third-order valence-electron chi connectivity index (χ3n) is 7.43. The first-order chi connectivity index (χ1) is 18.1. The highest BCUT2D eigenvalue weighted by atomic mass is 32.1. The number of fused-ring (bicyclic) bond motifs is 5. The van der Waals surface area contributed by atoms with E-state index in [-0.39, 0.29) is 6.42 Å². The molecule has 2 saturated heterocycles. The van der Waals surface area contributed by atoms with Crippen molar-refractivity contribution in [2.75, 3.05) is 42.7 Å². The van der Waals surface area contributed by atoms with Gasteiger partial charge in [-0.15, -0.1) is 16.4 Å². The maximum atomic E-state index is 12.6. The zero-order chi connectivity index (χ0) is 25.4. The van der Waals surface area contributed by atoms with Crippen LogP contribution in [0.5, 0.6) is 0 Å². The molecule has 1 amide bonds. The van der Waals surface area contributed by atoms with E-state index in [1.165, 1.54) is 15.8 Å². The van der Waals surface area contributed by atoms with Gasteiger partial charge in [0.05, 0.1) is 5.69 Å². The van der Waals surface area contributed by atoms with E-state index >= 15 is 0 Å². The van der Waals surface area contributed by atoms with Crippen molar-refractivity contribution >= 4 is 50.6 Å². The average molecular weight is 520 g/mol. The van der Waals surface area contributed by atoms with Crippen molar-refractivity contribution in [1.82, 2.24) is 4.90 Å². The summed E-state index contributed by atoms with van der Waals surface area (Å²) in [5, 5.41) is 4.46. The van der Waals surface area contributed by atoms with Crippen LogP contribution in [0, 0.1) is 0 Å². The molecule has 1 aromatic heterocycles. The largest absolute Gasteiger partial charge is 0.443 e. The SMILES string of the molecule is O=C1OC2Cc3ccc(CCCCN4CCCN(c5cccc6sccc56)CC4)cc3N(OC1=O)C2=O. The molecule has 3 aliphatic rings. The number of amides is 1. The van der Waals surface area contributed by atoms with Crippen LogP contribution < -0.4 is 9.96 Å². The number of hydrogen-bond donors (Lipinski definition) is 0. The Morgan fingerprint density at radius 3 is 2.76 bits per heavy atom. The minimum Gasteiger partial charge on any atom is -0.443 e. The number of unbranched alkanes of at least 4 members (excludes halogenated alkanes) is 1. The highest BCUT2D eigenvalue weighted by Gasteiger charge is 2.43. The lowest BCUT2D eigenvalue weighted by Gasteiger charge is -2.28.